The van der Waals surface area contributed by atoms with Crippen molar-refractivity contribution in [3.63, 3.8) is 0 Å². The van der Waals surface area contributed by atoms with Crippen LogP contribution in [0.25, 0.3) is 0 Å². The number of ether oxygens (including phenoxy) is 1. The van der Waals surface area contributed by atoms with E-state index in [0.717, 1.165) is 29.7 Å². The van der Waals surface area contributed by atoms with Crippen molar-refractivity contribution in [2.75, 3.05) is 6.54 Å². The maximum Gasteiger partial charge on any atom is 0.261 e. The van der Waals surface area contributed by atoms with Crippen molar-refractivity contribution < 1.29 is 18.3 Å². The Bertz CT molecular complexity index is 881. The van der Waals surface area contributed by atoms with Crippen LogP contribution in [0.3, 0.4) is 0 Å². The van der Waals surface area contributed by atoms with Crippen molar-refractivity contribution in [3.8, 4) is 5.75 Å². The number of hydrogen-bond donors (Lipinski definition) is 1. The lowest BCUT2D eigenvalue weighted by Gasteiger charge is -2.06. The second kappa shape index (κ2) is 8.58. The fourth-order valence-corrected chi connectivity index (χ4v) is 3.19. The number of thiophene rings is 1. The van der Waals surface area contributed by atoms with Gasteiger partial charge in [0.15, 0.2) is 11.6 Å². The quantitative estimate of drug-likeness (QED) is 0.658. The summed E-state index contributed by atoms with van der Waals surface area (Å²) in [6, 6.07) is 14.8. The summed E-state index contributed by atoms with van der Waals surface area (Å²) in [6.45, 7) is 0.656. The molecule has 3 rings (SSSR count). The molecule has 0 atom stereocenters. The van der Waals surface area contributed by atoms with Crippen LogP contribution in [0, 0.1) is 11.6 Å². The third kappa shape index (κ3) is 4.89. The molecule has 0 aliphatic rings. The third-order valence-electron chi connectivity index (χ3n) is 3.71. The molecule has 1 N–H and O–H groups in total. The van der Waals surface area contributed by atoms with Gasteiger partial charge in [0.25, 0.3) is 5.91 Å². The lowest BCUT2D eigenvalue weighted by atomic mass is 10.1. The Morgan fingerprint density at radius 2 is 1.85 bits per heavy atom. The van der Waals surface area contributed by atoms with E-state index in [2.05, 4.69) is 5.32 Å². The van der Waals surface area contributed by atoms with Gasteiger partial charge in [-0.05, 0) is 35.6 Å². The van der Waals surface area contributed by atoms with Crippen LogP contribution in [0.1, 0.15) is 20.8 Å². The lowest BCUT2D eigenvalue weighted by Crippen LogP contribution is -2.24. The number of amides is 1. The van der Waals surface area contributed by atoms with E-state index in [0.29, 0.717) is 11.4 Å². The van der Waals surface area contributed by atoms with Crippen molar-refractivity contribution in [2.45, 2.75) is 13.0 Å². The van der Waals surface area contributed by atoms with Crippen LogP contribution in [-0.2, 0) is 13.0 Å². The fourth-order valence-electron chi connectivity index (χ4n) is 2.38. The summed E-state index contributed by atoms with van der Waals surface area (Å²) in [6.07, 6.45) is 0.762. The number of carbonyl (C=O) groups is 1. The summed E-state index contributed by atoms with van der Waals surface area (Å²) in [4.78, 5) is 12.7. The minimum Gasteiger partial charge on any atom is -0.486 e. The second-order valence-corrected chi connectivity index (χ2v) is 6.59. The summed E-state index contributed by atoms with van der Waals surface area (Å²) >= 11 is 1.30. The Morgan fingerprint density at radius 1 is 1.04 bits per heavy atom. The van der Waals surface area contributed by atoms with Crippen LogP contribution in [-0.4, -0.2) is 12.5 Å². The molecule has 1 heterocycles. The molecule has 1 aromatic heterocycles. The first-order chi connectivity index (χ1) is 12.6. The van der Waals surface area contributed by atoms with Gasteiger partial charge in [0.2, 0.25) is 0 Å². The average molecular weight is 373 g/mol. The van der Waals surface area contributed by atoms with Crippen LogP contribution in [0.4, 0.5) is 8.78 Å². The Kier molecular flexibility index (Phi) is 5.96. The summed E-state index contributed by atoms with van der Waals surface area (Å²) in [7, 11) is 0. The van der Waals surface area contributed by atoms with E-state index in [1.807, 2.05) is 30.3 Å². The van der Waals surface area contributed by atoms with E-state index in [9.17, 15) is 13.6 Å². The molecule has 26 heavy (non-hydrogen) atoms. The Labute approximate surface area is 154 Å². The highest BCUT2D eigenvalue weighted by Crippen LogP contribution is 2.21. The monoisotopic (exact) mass is 373 g/mol. The van der Waals surface area contributed by atoms with Crippen molar-refractivity contribution in [3.05, 3.63) is 87.6 Å². The molecule has 0 spiro atoms. The predicted molar refractivity (Wildman–Crippen MR) is 97.5 cm³/mol. The molecule has 1 amide bonds. The van der Waals surface area contributed by atoms with Crippen LogP contribution in [0.15, 0.2) is 60.0 Å². The summed E-state index contributed by atoms with van der Waals surface area (Å²) < 4.78 is 31.8. The molecule has 0 fully saturated rings. The van der Waals surface area contributed by atoms with Crippen molar-refractivity contribution in [1.82, 2.24) is 5.32 Å². The van der Waals surface area contributed by atoms with Crippen molar-refractivity contribution >= 4 is 17.2 Å². The van der Waals surface area contributed by atoms with Gasteiger partial charge < -0.3 is 10.1 Å². The number of hydrogen-bond acceptors (Lipinski definition) is 3. The van der Waals surface area contributed by atoms with Gasteiger partial charge in [-0.3, -0.25) is 4.79 Å². The molecule has 6 heteroatoms. The first-order valence-corrected chi connectivity index (χ1v) is 8.97. The van der Waals surface area contributed by atoms with E-state index in [4.69, 9.17) is 4.74 Å². The number of nitrogens with one attached hydrogen (secondary N) is 1. The van der Waals surface area contributed by atoms with Crippen LogP contribution in [0.2, 0.25) is 0 Å². The maximum atomic E-state index is 13.5. The molecule has 0 aliphatic heterocycles. The highest BCUT2D eigenvalue weighted by atomic mass is 32.1. The molecule has 0 saturated heterocycles. The van der Waals surface area contributed by atoms with Gasteiger partial charge in [-0.2, -0.15) is 0 Å². The summed E-state index contributed by atoms with van der Waals surface area (Å²) in [5.74, 6) is -1.57. The molecule has 0 bridgehead atoms. The number of benzene rings is 2. The highest BCUT2D eigenvalue weighted by Gasteiger charge is 2.10. The van der Waals surface area contributed by atoms with E-state index < -0.39 is 11.6 Å². The smallest absolute Gasteiger partial charge is 0.261 e. The van der Waals surface area contributed by atoms with Gasteiger partial charge in [0, 0.05) is 18.2 Å². The fraction of sp³-hybridized carbons (Fsp3) is 0.150. The molecule has 2 aromatic carbocycles. The number of rotatable bonds is 7. The topological polar surface area (TPSA) is 38.3 Å². The number of halogens is 2. The molecule has 134 valence electrons. The first kappa shape index (κ1) is 18.1. The molecular formula is C20H17F2NO2S. The van der Waals surface area contributed by atoms with E-state index >= 15 is 0 Å². The zero-order valence-electron chi connectivity index (χ0n) is 13.9. The van der Waals surface area contributed by atoms with Crippen LogP contribution in [0.5, 0.6) is 5.75 Å². The van der Waals surface area contributed by atoms with E-state index in [1.54, 1.807) is 11.4 Å². The zero-order valence-corrected chi connectivity index (χ0v) is 14.7. The lowest BCUT2D eigenvalue weighted by molar-refractivity contribution is 0.0958. The van der Waals surface area contributed by atoms with E-state index in [1.165, 1.54) is 17.4 Å². The van der Waals surface area contributed by atoms with Gasteiger partial charge in [-0.1, -0.05) is 30.3 Å². The van der Waals surface area contributed by atoms with Crippen LogP contribution < -0.4 is 10.1 Å². The SMILES string of the molecule is O=C(NCCc1ccccc1)c1cc(COc2ccc(F)cc2F)cs1. The largest absolute Gasteiger partial charge is 0.486 e. The zero-order chi connectivity index (χ0) is 18.4. The second-order valence-electron chi connectivity index (χ2n) is 5.67. The van der Waals surface area contributed by atoms with Gasteiger partial charge in [-0.25, -0.2) is 8.78 Å². The van der Waals surface area contributed by atoms with Crippen LogP contribution >= 0.6 is 11.3 Å². The molecule has 3 aromatic rings. The molecule has 0 saturated carbocycles. The summed E-state index contributed by atoms with van der Waals surface area (Å²) in [5, 5.41) is 4.66. The molecule has 0 unspecified atom stereocenters. The van der Waals surface area contributed by atoms with Crippen molar-refractivity contribution in [1.29, 1.82) is 0 Å². The molecular weight excluding hydrogens is 356 g/mol. The molecule has 0 aliphatic carbocycles. The van der Waals surface area contributed by atoms with Gasteiger partial charge >= 0.3 is 0 Å². The Balaban J connectivity index is 1.49. The van der Waals surface area contributed by atoms with Gasteiger partial charge in [0.1, 0.15) is 12.4 Å². The number of carbonyl (C=O) groups excluding carboxylic acids is 1. The van der Waals surface area contributed by atoms with Gasteiger partial charge in [0.05, 0.1) is 4.88 Å². The first-order valence-electron chi connectivity index (χ1n) is 8.09. The Hall–Kier alpha value is -2.73. The normalized spacial score (nSPS) is 10.5. The molecule has 0 radical (unpaired) electrons. The molecule has 3 nitrogen and oxygen atoms in total. The summed E-state index contributed by atoms with van der Waals surface area (Å²) in [5.41, 5.74) is 1.92. The third-order valence-corrected chi connectivity index (χ3v) is 4.69. The average Bonchev–Trinajstić information content (AvgIpc) is 3.11. The van der Waals surface area contributed by atoms with Gasteiger partial charge in [-0.15, -0.1) is 11.3 Å². The Morgan fingerprint density at radius 3 is 2.62 bits per heavy atom. The highest BCUT2D eigenvalue weighted by molar-refractivity contribution is 7.12. The minimum absolute atomic E-state index is 0.0218. The minimum atomic E-state index is -0.751. The van der Waals surface area contributed by atoms with Crippen molar-refractivity contribution in [2.24, 2.45) is 0 Å². The standard InChI is InChI=1S/C20H17F2NO2S/c21-16-6-7-18(17(22)11-16)25-12-15-10-19(26-13-15)20(24)23-9-8-14-4-2-1-3-5-14/h1-7,10-11,13H,8-9,12H2,(H,23,24). The van der Waals surface area contributed by atoms with E-state index in [-0.39, 0.29) is 18.3 Å². The predicted octanol–water partition coefficient (Wildman–Crippen LogP) is 4.58. The maximum absolute atomic E-state index is 13.5.